The van der Waals surface area contributed by atoms with Crippen molar-refractivity contribution in [2.45, 2.75) is 123 Å². The summed E-state index contributed by atoms with van der Waals surface area (Å²) in [7, 11) is -3.76. The van der Waals surface area contributed by atoms with Crippen LogP contribution in [0.1, 0.15) is 111 Å². The summed E-state index contributed by atoms with van der Waals surface area (Å²) in [4.78, 5) is 0.162. The van der Waals surface area contributed by atoms with Gasteiger partial charge in [0.15, 0.2) is 0 Å². The second kappa shape index (κ2) is 16.2. The molecular formula is C40H64O6S. The first-order valence-electron chi connectivity index (χ1n) is 18.9. The SMILES string of the molecule is Cc1ccc(S(=O)(=O)OCCOCCOCCOC2CC[C@@]3(C)C(=CC[C@H]4[C@@H]5CC[C@H]([C@H](C)CCCC(C)C)[C@@]5(C)CC[C@@H]43)C2)cc1. The zero-order chi connectivity index (χ0) is 33.7. The quantitative estimate of drug-likeness (QED) is 0.0934. The standard InChI is InChI=1S/C40H64O6S/c1-29(2)8-7-9-31(4)36-16-17-37-35-15-12-32-28-33(18-20-39(32,5)38(35)19-21-40(36,37)6)45-26-24-43-22-23-44-25-27-46-47(41,42)34-13-10-30(3)11-14-34/h10-14,29,31,33,35-38H,7-9,15-28H2,1-6H3/t31-,33?,35+,36-,37+,38+,39+,40-/m1/s1. The Hall–Kier alpha value is -1.25. The number of rotatable bonds is 17. The minimum Gasteiger partial charge on any atom is -0.377 e. The van der Waals surface area contributed by atoms with Gasteiger partial charge in [0.05, 0.1) is 50.6 Å². The highest BCUT2D eigenvalue weighted by Gasteiger charge is 2.59. The van der Waals surface area contributed by atoms with Gasteiger partial charge >= 0.3 is 0 Å². The molecule has 8 atom stereocenters. The lowest BCUT2D eigenvalue weighted by atomic mass is 9.47. The fourth-order valence-electron chi connectivity index (χ4n) is 10.4. The van der Waals surface area contributed by atoms with Crippen molar-refractivity contribution in [3.05, 3.63) is 41.5 Å². The van der Waals surface area contributed by atoms with Crippen LogP contribution in [0.4, 0.5) is 0 Å². The molecule has 4 aliphatic carbocycles. The Kier molecular flexibility index (Phi) is 12.7. The maximum Gasteiger partial charge on any atom is 0.297 e. The van der Waals surface area contributed by atoms with E-state index in [1.165, 1.54) is 57.8 Å². The van der Waals surface area contributed by atoms with Crippen molar-refractivity contribution in [2.24, 2.45) is 46.3 Å². The maximum absolute atomic E-state index is 12.2. The molecule has 0 saturated heterocycles. The summed E-state index contributed by atoms with van der Waals surface area (Å²) >= 11 is 0. The molecule has 0 aromatic heterocycles. The molecule has 0 heterocycles. The highest BCUT2D eigenvalue weighted by Crippen LogP contribution is 2.67. The molecule has 0 bridgehead atoms. The molecule has 0 amide bonds. The van der Waals surface area contributed by atoms with Crippen LogP contribution in [0.2, 0.25) is 0 Å². The number of aryl methyl sites for hydroxylation is 1. The Morgan fingerprint density at radius 3 is 2.26 bits per heavy atom. The molecule has 1 aromatic carbocycles. The molecule has 1 unspecified atom stereocenters. The first-order valence-corrected chi connectivity index (χ1v) is 20.3. The van der Waals surface area contributed by atoms with Crippen LogP contribution in [0.5, 0.6) is 0 Å². The third-order valence-electron chi connectivity index (χ3n) is 13.0. The molecular weight excluding hydrogens is 609 g/mol. The Morgan fingerprint density at radius 1 is 0.830 bits per heavy atom. The van der Waals surface area contributed by atoms with E-state index >= 15 is 0 Å². The van der Waals surface area contributed by atoms with E-state index in [1.54, 1.807) is 29.8 Å². The van der Waals surface area contributed by atoms with Crippen molar-refractivity contribution in [1.82, 2.24) is 0 Å². The molecule has 0 radical (unpaired) electrons. The van der Waals surface area contributed by atoms with Gasteiger partial charge in [0.1, 0.15) is 0 Å². The molecule has 4 aliphatic rings. The van der Waals surface area contributed by atoms with Crippen molar-refractivity contribution in [3.63, 3.8) is 0 Å². The van der Waals surface area contributed by atoms with Crippen LogP contribution in [0.3, 0.4) is 0 Å². The lowest BCUT2D eigenvalue weighted by Gasteiger charge is -2.58. The fraction of sp³-hybridized carbons (Fsp3) is 0.800. The van der Waals surface area contributed by atoms with Gasteiger partial charge in [-0.05, 0) is 117 Å². The van der Waals surface area contributed by atoms with Crippen LogP contribution in [0.15, 0.2) is 40.8 Å². The predicted octanol–water partition coefficient (Wildman–Crippen LogP) is 9.16. The van der Waals surface area contributed by atoms with Gasteiger partial charge in [-0.25, -0.2) is 0 Å². The number of benzene rings is 1. The first-order chi connectivity index (χ1) is 22.4. The first kappa shape index (κ1) is 37.0. The third kappa shape index (κ3) is 8.74. The van der Waals surface area contributed by atoms with E-state index in [9.17, 15) is 8.42 Å². The van der Waals surface area contributed by atoms with Crippen molar-refractivity contribution in [3.8, 4) is 0 Å². The van der Waals surface area contributed by atoms with Gasteiger partial charge in [0, 0.05) is 0 Å². The Labute approximate surface area is 286 Å². The molecule has 0 aliphatic heterocycles. The number of fused-ring (bicyclic) bond motifs is 5. The van der Waals surface area contributed by atoms with E-state index in [2.05, 4.69) is 40.7 Å². The van der Waals surface area contributed by atoms with Gasteiger partial charge in [0.25, 0.3) is 10.1 Å². The summed E-state index contributed by atoms with van der Waals surface area (Å²) in [5.41, 5.74) is 3.57. The molecule has 7 heteroatoms. The van der Waals surface area contributed by atoms with Crippen molar-refractivity contribution in [2.75, 3.05) is 39.6 Å². The number of hydrogen-bond acceptors (Lipinski definition) is 6. The minimum atomic E-state index is -3.76. The largest absolute Gasteiger partial charge is 0.377 e. The van der Waals surface area contributed by atoms with E-state index in [4.69, 9.17) is 18.4 Å². The molecule has 5 rings (SSSR count). The summed E-state index contributed by atoms with van der Waals surface area (Å²) in [6, 6.07) is 6.62. The van der Waals surface area contributed by atoms with E-state index in [-0.39, 0.29) is 24.2 Å². The van der Waals surface area contributed by atoms with Gasteiger partial charge in [-0.2, -0.15) is 8.42 Å². The number of ether oxygens (including phenoxy) is 3. The molecule has 3 saturated carbocycles. The maximum atomic E-state index is 12.2. The van der Waals surface area contributed by atoms with Gasteiger partial charge in [-0.15, -0.1) is 0 Å². The van der Waals surface area contributed by atoms with Crippen LogP contribution >= 0.6 is 0 Å². The van der Waals surface area contributed by atoms with Crippen molar-refractivity contribution in [1.29, 1.82) is 0 Å². The van der Waals surface area contributed by atoms with Gasteiger partial charge < -0.3 is 14.2 Å². The number of hydrogen-bond donors (Lipinski definition) is 0. The Balaban J connectivity index is 0.986. The topological polar surface area (TPSA) is 71.1 Å². The van der Waals surface area contributed by atoms with E-state index < -0.39 is 10.1 Å². The highest BCUT2D eigenvalue weighted by atomic mass is 32.2. The molecule has 6 nitrogen and oxygen atoms in total. The summed E-state index contributed by atoms with van der Waals surface area (Å²) in [5.74, 6) is 5.22. The average Bonchev–Trinajstić information content (AvgIpc) is 3.39. The van der Waals surface area contributed by atoms with Gasteiger partial charge in [-0.3, -0.25) is 4.18 Å². The van der Waals surface area contributed by atoms with E-state index in [1.807, 2.05) is 6.92 Å². The Morgan fingerprint density at radius 2 is 1.53 bits per heavy atom. The summed E-state index contributed by atoms with van der Waals surface area (Å²) in [6.45, 7) is 16.7. The van der Waals surface area contributed by atoms with Crippen LogP contribution in [0.25, 0.3) is 0 Å². The highest BCUT2D eigenvalue weighted by molar-refractivity contribution is 7.86. The van der Waals surface area contributed by atoms with Crippen LogP contribution in [0, 0.1) is 53.3 Å². The van der Waals surface area contributed by atoms with Crippen LogP contribution in [-0.4, -0.2) is 54.2 Å². The normalized spacial score (nSPS) is 32.8. The van der Waals surface area contributed by atoms with Crippen molar-refractivity contribution >= 4 is 10.1 Å². The molecule has 3 fully saturated rings. The zero-order valence-corrected chi connectivity index (χ0v) is 31.1. The lowest BCUT2D eigenvalue weighted by molar-refractivity contribution is -0.0689. The fourth-order valence-corrected chi connectivity index (χ4v) is 11.3. The van der Waals surface area contributed by atoms with Crippen LogP contribution in [-0.2, 0) is 28.5 Å². The van der Waals surface area contributed by atoms with Gasteiger partial charge in [0.2, 0.25) is 0 Å². The molecule has 0 spiro atoms. The molecule has 47 heavy (non-hydrogen) atoms. The molecule has 266 valence electrons. The lowest BCUT2D eigenvalue weighted by Crippen LogP contribution is -2.51. The summed E-state index contributed by atoms with van der Waals surface area (Å²) in [5, 5.41) is 0. The predicted molar refractivity (Wildman–Crippen MR) is 189 cm³/mol. The monoisotopic (exact) mass is 672 g/mol. The van der Waals surface area contributed by atoms with Crippen LogP contribution < -0.4 is 0 Å². The smallest absolute Gasteiger partial charge is 0.297 e. The third-order valence-corrected chi connectivity index (χ3v) is 14.3. The van der Waals surface area contributed by atoms with Gasteiger partial charge in [-0.1, -0.05) is 83.2 Å². The number of allylic oxidation sites excluding steroid dienone is 1. The summed E-state index contributed by atoms with van der Waals surface area (Å²) < 4.78 is 47.1. The average molecular weight is 673 g/mol. The van der Waals surface area contributed by atoms with E-state index in [0.29, 0.717) is 37.3 Å². The molecule has 0 N–H and O–H groups in total. The second-order valence-electron chi connectivity index (χ2n) is 16.3. The minimum absolute atomic E-state index is 0.0182. The second-order valence-corrected chi connectivity index (χ2v) is 18.0. The zero-order valence-electron chi connectivity index (χ0n) is 30.3. The van der Waals surface area contributed by atoms with Crippen molar-refractivity contribution < 1.29 is 26.8 Å². The summed E-state index contributed by atoms with van der Waals surface area (Å²) in [6.07, 6.45) is 17.6. The molecule has 1 aromatic rings. The Bertz CT molecular complexity index is 1270. The van der Waals surface area contributed by atoms with E-state index in [0.717, 1.165) is 53.9 Å².